The number of hydrogen-bond acceptors (Lipinski definition) is 3. The van der Waals surface area contributed by atoms with Crippen LogP contribution in [0.15, 0.2) is 0 Å². The van der Waals surface area contributed by atoms with Gasteiger partial charge in [-0.05, 0) is 25.5 Å². The summed E-state index contributed by atoms with van der Waals surface area (Å²) in [6.07, 6.45) is 3.39. The third-order valence-electron chi connectivity index (χ3n) is 1.79. The molecule has 0 aliphatic carbocycles. The van der Waals surface area contributed by atoms with Crippen molar-refractivity contribution in [1.29, 1.82) is 0 Å². The van der Waals surface area contributed by atoms with Crippen LogP contribution in [0.5, 0.6) is 0 Å². The van der Waals surface area contributed by atoms with E-state index in [0.717, 1.165) is 18.6 Å². The molecule has 1 rings (SSSR count). The summed E-state index contributed by atoms with van der Waals surface area (Å²) >= 11 is 1.73. The number of hydroxylamine groups is 1. The zero-order valence-electron chi connectivity index (χ0n) is 7.34. The first-order valence-corrected chi connectivity index (χ1v) is 5.42. The van der Waals surface area contributed by atoms with Crippen LogP contribution in [-0.4, -0.2) is 23.5 Å². The number of hydrogen-bond donors (Lipinski definition) is 1. The lowest BCUT2D eigenvalue weighted by Crippen LogP contribution is -2.34. The Kier molecular flexibility index (Phi) is 4.46. The van der Waals surface area contributed by atoms with Crippen molar-refractivity contribution in [2.75, 3.05) is 12.4 Å². The van der Waals surface area contributed by atoms with Gasteiger partial charge in [-0.1, -0.05) is 6.42 Å². The van der Waals surface area contributed by atoms with Crippen LogP contribution in [0.1, 0.15) is 26.2 Å². The van der Waals surface area contributed by atoms with E-state index >= 15 is 0 Å². The summed E-state index contributed by atoms with van der Waals surface area (Å²) in [4.78, 5) is 16.1. The van der Waals surface area contributed by atoms with Gasteiger partial charge in [-0.15, -0.1) is 11.8 Å². The lowest BCUT2D eigenvalue weighted by molar-refractivity contribution is -0.132. The second kappa shape index (κ2) is 5.43. The number of thioether (sulfide) groups is 1. The van der Waals surface area contributed by atoms with Crippen LogP contribution in [0.3, 0.4) is 0 Å². The number of nitrogens with one attached hydrogen (secondary N) is 1. The molecule has 0 aromatic heterocycles. The molecule has 1 atom stereocenters. The Hall–Kier alpha value is -0.220. The van der Waals surface area contributed by atoms with E-state index in [9.17, 15) is 4.79 Å². The third kappa shape index (κ3) is 3.03. The fraction of sp³-hybridized carbons (Fsp3) is 0.875. The van der Waals surface area contributed by atoms with E-state index in [1.54, 1.807) is 11.8 Å². The fourth-order valence-electron chi connectivity index (χ4n) is 1.16. The van der Waals surface area contributed by atoms with E-state index < -0.39 is 0 Å². The SMILES string of the molecule is CCONC(=O)C1CCCCS1. The van der Waals surface area contributed by atoms with Crippen molar-refractivity contribution < 1.29 is 9.63 Å². The third-order valence-corrected chi connectivity index (χ3v) is 3.17. The molecule has 1 unspecified atom stereocenters. The smallest absolute Gasteiger partial charge is 0.256 e. The first-order chi connectivity index (χ1) is 5.84. The van der Waals surface area contributed by atoms with E-state index in [4.69, 9.17) is 4.84 Å². The Balaban J connectivity index is 2.20. The molecule has 0 radical (unpaired) electrons. The minimum absolute atomic E-state index is 0.0292. The van der Waals surface area contributed by atoms with Gasteiger partial charge in [0.1, 0.15) is 0 Å². The van der Waals surface area contributed by atoms with Gasteiger partial charge in [0.25, 0.3) is 5.91 Å². The molecule has 3 nitrogen and oxygen atoms in total. The molecule has 1 amide bonds. The highest BCUT2D eigenvalue weighted by Gasteiger charge is 2.21. The summed E-state index contributed by atoms with van der Waals surface area (Å²) in [6.45, 7) is 2.39. The number of carbonyl (C=O) groups excluding carboxylic acids is 1. The van der Waals surface area contributed by atoms with Crippen molar-refractivity contribution in [2.24, 2.45) is 0 Å². The molecular weight excluding hydrogens is 174 g/mol. The van der Waals surface area contributed by atoms with Crippen LogP contribution >= 0.6 is 11.8 Å². The van der Waals surface area contributed by atoms with Gasteiger partial charge < -0.3 is 0 Å². The first-order valence-electron chi connectivity index (χ1n) is 4.38. The van der Waals surface area contributed by atoms with Gasteiger partial charge in [-0.2, -0.15) is 0 Å². The van der Waals surface area contributed by atoms with E-state index in [1.807, 2.05) is 6.92 Å². The molecule has 12 heavy (non-hydrogen) atoms. The minimum Gasteiger partial charge on any atom is -0.274 e. The Bertz CT molecular complexity index is 146. The van der Waals surface area contributed by atoms with Crippen molar-refractivity contribution in [2.45, 2.75) is 31.4 Å². The number of amides is 1. The van der Waals surface area contributed by atoms with Gasteiger partial charge in [0.2, 0.25) is 0 Å². The van der Waals surface area contributed by atoms with Crippen LogP contribution in [0.25, 0.3) is 0 Å². The van der Waals surface area contributed by atoms with Crippen molar-refractivity contribution in [3.05, 3.63) is 0 Å². The summed E-state index contributed by atoms with van der Waals surface area (Å²) in [7, 11) is 0. The summed E-state index contributed by atoms with van der Waals surface area (Å²) < 4.78 is 0. The highest BCUT2D eigenvalue weighted by atomic mass is 32.2. The standard InChI is InChI=1S/C8H15NO2S/c1-2-11-9-8(10)7-5-3-4-6-12-7/h7H,2-6H2,1H3,(H,9,10). The summed E-state index contributed by atoms with van der Waals surface area (Å²) in [5, 5.41) is 0.116. The molecule has 0 spiro atoms. The molecular formula is C8H15NO2S. The average Bonchev–Trinajstić information content (AvgIpc) is 2.15. The maximum atomic E-state index is 11.3. The van der Waals surface area contributed by atoms with Gasteiger partial charge in [-0.3, -0.25) is 9.63 Å². The molecule has 1 saturated heterocycles. The van der Waals surface area contributed by atoms with Gasteiger partial charge in [0.15, 0.2) is 0 Å². The van der Waals surface area contributed by atoms with Gasteiger partial charge in [0.05, 0.1) is 11.9 Å². The Morgan fingerprint density at radius 2 is 2.50 bits per heavy atom. The maximum Gasteiger partial charge on any atom is 0.256 e. The summed E-state index contributed by atoms with van der Waals surface area (Å²) in [5.41, 5.74) is 2.44. The molecule has 0 saturated carbocycles. The van der Waals surface area contributed by atoms with E-state index in [2.05, 4.69) is 5.48 Å². The normalized spacial score (nSPS) is 23.6. The summed E-state index contributed by atoms with van der Waals surface area (Å²) in [6, 6.07) is 0. The monoisotopic (exact) mass is 189 g/mol. The van der Waals surface area contributed by atoms with Crippen molar-refractivity contribution >= 4 is 17.7 Å². The Labute approximate surface area is 77.2 Å². The molecule has 4 heteroatoms. The van der Waals surface area contributed by atoms with Crippen LogP contribution in [0.2, 0.25) is 0 Å². The lowest BCUT2D eigenvalue weighted by atomic mass is 10.2. The van der Waals surface area contributed by atoms with E-state index in [-0.39, 0.29) is 11.2 Å². The zero-order valence-corrected chi connectivity index (χ0v) is 8.15. The molecule has 1 fully saturated rings. The second-order valence-electron chi connectivity index (χ2n) is 2.75. The Morgan fingerprint density at radius 3 is 3.08 bits per heavy atom. The number of carbonyl (C=O) groups is 1. The zero-order chi connectivity index (χ0) is 8.81. The molecule has 1 aliphatic heterocycles. The highest BCUT2D eigenvalue weighted by Crippen LogP contribution is 2.24. The topological polar surface area (TPSA) is 38.3 Å². The highest BCUT2D eigenvalue weighted by molar-refractivity contribution is 8.00. The van der Waals surface area contributed by atoms with Crippen molar-refractivity contribution in [3.63, 3.8) is 0 Å². The maximum absolute atomic E-state index is 11.3. The molecule has 0 bridgehead atoms. The Morgan fingerprint density at radius 1 is 1.67 bits per heavy atom. The van der Waals surface area contributed by atoms with Crippen molar-refractivity contribution in [1.82, 2.24) is 5.48 Å². The first kappa shape index (κ1) is 9.86. The predicted molar refractivity (Wildman–Crippen MR) is 49.9 cm³/mol. The average molecular weight is 189 g/mol. The molecule has 1 N–H and O–H groups in total. The molecule has 1 heterocycles. The van der Waals surface area contributed by atoms with Gasteiger partial charge in [-0.25, -0.2) is 5.48 Å². The van der Waals surface area contributed by atoms with Gasteiger partial charge in [0, 0.05) is 0 Å². The number of rotatable bonds is 3. The molecule has 0 aromatic carbocycles. The van der Waals surface area contributed by atoms with Crippen LogP contribution in [0, 0.1) is 0 Å². The van der Waals surface area contributed by atoms with Crippen LogP contribution in [-0.2, 0) is 9.63 Å². The minimum atomic E-state index is 0.0292. The van der Waals surface area contributed by atoms with E-state index in [1.165, 1.54) is 6.42 Å². The molecule has 1 aliphatic rings. The summed E-state index contributed by atoms with van der Waals surface area (Å²) in [5.74, 6) is 1.13. The van der Waals surface area contributed by atoms with Gasteiger partial charge >= 0.3 is 0 Å². The second-order valence-corrected chi connectivity index (χ2v) is 4.07. The molecule has 70 valence electrons. The van der Waals surface area contributed by atoms with E-state index in [0.29, 0.717) is 6.61 Å². The van der Waals surface area contributed by atoms with Crippen LogP contribution < -0.4 is 5.48 Å². The predicted octanol–water partition coefficient (Wildman–Crippen LogP) is 1.34. The fourth-order valence-corrected chi connectivity index (χ4v) is 2.34. The van der Waals surface area contributed by atoms with Crippen LogP contribution in [0.4, 0.5) is 0 Å². The lowest BCUT2D eigenvalue weighted by Gasteiger charge is -2.19. The largest absolute Gasteiger partial charge is 0.274 e. The quantitative estimate of drug-likeness (QED) is 0.681. The molecule has 0 aromatic rings. The van der Waals surface area contributed by atoms with Crippen molar-refractivity contribution in [3.8, 4) is 0 Å².